The second-order valence-electron chi connectivity index (χ2n) is 7.29. The third-order valence-electron chi connectivity index (χ3n) is 5.20. The molecule has 31 heavy (non-hydrogen) atoms. The molecule has 0 bridgehead atoms. The summed E-state index contributed by atoms with van der Waals surface area (Å²) in [6.45, 7) is 3.76. The molecule has 0 spiro atoms. The van der Waals surface area contributed by atoms with Crippen LogP contribution in [0.15, 0.2) is 51.8 Å². The fraction of sp³-hybridized carbons (Fsp3) is 0.286. The highest BCUT2D eigenvalue weighted by Crippen LogP contribution is 2.26. The smallest absolute Gasteiger partial charge is 0.243 e. The van der Waals surface area contributed by atoms with E-state index in [9.17, 15) is 17.2 Å². The van der Waals surface area contributed by atoms with Gasteiger partial charge in [-0.25, -0.2) is 22.2 Å². The maximum Gasteiger partial charge on any atom is 0.243 e. The monoisotopic (exact) mass is 467 g/mol. The first-order valence-corrected chi connectivity index (χ1v) is 11.5. The van der Waals surface area contributed by atoms with Crippen LogP contribution in [0.2, 0.25) is 5.02 Å². The van der Waals surface area contributed by atoms with Crippen molar-refractivity contribution < 1.29 is 21.6 Å². The van der Waals surface area contributed by atoms with Crippen molar-refractivity contribution in [2.24, 2.45) is 0 Å². The zero-order chi connectivity index (χ0) is 22.2. The van der Waals surface area contributed by atoms with Crippen LogP contribution in [0.1, 0.15) is 11.5 Å². The topological polar surface area (TPSA) is 66.7 Å². The first-order chi connectivity index (χ1) is 14.7. The van der Waals surface area contributed by atoms with Crippen molar-refractivity contribution in [2.75, 3.05) is 26.2 Å². The Balaban J connectivity index is 1.42. The molecule has 3 aromatic rings. The Labute approximate surface area is 184 Å². The van der Waals surface area contributed by atoms with Gasteiger partial charge in [0.15, 0.2) is 11.6 Å². The zero-order valence-corrected chi connectivity index (χ0v) is 18.3. The molecule has 4 rings (SSSR count). The van der Waals surface area contributed by atoms with E-state index in [0.29, 0.717) is 42.4 Å². The molecule has 0 atom stereocenters. The van der Waals surface area contributed by atoms with E-state index >= 15 is 0 Å². The van der Waals surface area contributed by atoms with E-state index in [1.54, 1.807) is 12.1 Å². The van der Waals surface area contributed by atoms with Gasteiger partial charge >= 0.3 is 0 Å². The van der Waals surface area contributed by atoms with Crippen LogP contribution < -0.4 is 0 Å². The summed E-state index contributed by atoms with van der Waals surface area (Å²) < 4.78 is 59.2. The van der Waals surface area contributed by atoms with Crippen molar-refractivity contribution in [1.29, 1.82) is 0 Å². The maximum absolute atomic E-state index is 13.5. The van der Waals surface area contributed by atoms with Gasteiger partial charge in [0.05, 0.1) is 10.6 Å². The minimum atomic E-state index is -3.89. The Kier molecular flexibility index (Phi) is 6.11. The van der Waals surface area contributed by atoms with Crippen molar-refractivity contribution in [3.8, 4) is 11.5 Å². The molecule has 1 aromatic heterocycles. The number of nitrogens with zero attached hydrogens (tertiary/aromatic N) is 3. The predicted molar refractivity (Wildman–Crippen MR) is 112 cm³/mol. The van der Waals surface area contributed by atoms with Gasteiger partial charge in [-0.1, -0.05) is 17.7 Å². The van der Waals surface area contributed by atoms with Crippen LogP contribution >= 0.6 is 11.6 Å². The Morgan fingerprint density at radius 3 is 2.48 bits per heavy atom. The van der Waals surface area contributed by atoms with E-state index in [-0.39, 0.29) is 18.0 Å². The minimum Gasteiger partial charge on any atom is -0.441 e. The molecule has 0 saturated carbocycles. The van der Waals surface area contributed by atoms with Crippen LogP contribution in [0.3, 0.4) is 0 Å². The molecule has 6 nitrogen and oxygen atoms in total. The average Bonchev–Trinajstić information content (AvgIpc) is 3.11. The van der Waals surface area contributed by atoms with Crippen LogP contribution in [0.25, 0.3) is 11.5 Å². The molecule has 164 valence electrons. The quantitative estimate of drug-likeness (QED) is 0.565. The van der Waals surface area contributed by atoms with Crippen LogP contribution in [0.5, 0.6) is 0 Å². The summed E-state index contributed by atoms with van der Waals surface area (Å²) in [6, 6.07) is 9.85. The number of aryl methyl sites for hydroxylation is 1. The number of rotatable bonds is 5. The second kappa shape index (κ2) is 8.66. The Bertz CT molecular complexity index is 1210. The fourth-order valence-electron chi connectivity index (χ4n) is 3.45. The molecule has 0 amide bonds. The number of benzene rings is 2. The minimum absolute atomic E-state index is 0.235. The summed E-state index contributed by atoms with van der Waals surface area (Å²) in [5.41, 5.74) is 1.55. The average molecular weight is 468 g/mol. The molecule has 10 heteroatoms. The van der Waals surface area contributed by atoms with Gasteiger partial charge in [-0.3, -0.25) is 4.90 Å². The summed E-state index contributed by atoms with van der Waals surface area (Å²) >= 11 is 6.04. The largest absolute Gasteiger partial charge is 0.441 e. The molecule has 1 saturated heterocycles. The van der Waals surface area contributed by atoms with Crippen molar-refractivity contribution >= 4 is 21.6 Å². The number of hydrogen-bond donors (Lipinski definition) is 0. The normalized spacial score (nSPS) is 16.0. The van der Waals surface area contributed by atoms with Crippen LogP contribution in [0, 0.1) is 18.6 Å². The first kappa shape index (κ1) is 21.9. The molecule has 2 aromatic carbocycles. The number of aromatic nitrogens is 1. The summed E-state index contributed by atoms with van der Waals surface area (Å²) in [4.78, 5) is 6.39. The van der Waals surface area contributed by atoms with E-state index in [1.807, 2.05) is 19.1 Å². The summed E-state index contributed by atoms with van der Waals surface area (Å²) in [5, 5.41) is 0.591. The summed E-state index contributed by atoms with van der Waals surface area (Å²) in [6.07, 6.45) is 0. The van der Waals surface area contributed by atoms with E-state index in [4.69, 9.17) is 16.0 Å². The molecule has 1 fully saturated rings. The van der Waals surface area contributed by atoms with Crippen LogP contribution in [0.4, 0.5) is 8.78 Å². The van der Waals surface area contributed by atoms with E-state index in [2.05, 4.69) is 9.88 Å². The van der Waals surface area contributed by atoms with E-state index in [0.717, 1.165) is 23.4 Å². The number of piperazine rings is 1. The lowest BCUT2D eigenvalue weighted by atomic mass is 10.2. The summed E-state index contributed by atoms with van der Waals surface area (Å²) in [7, 11) is -3.89. The van der Waals surface area contributed by atoms with Gasteiger partial charge in [0.2, 0.25) is 15.9 Å². The van der Waals surface area contributed by atoms with Gasteiger partial charge in [0.1, 0.15) is 5.76 Å². The lowest BCUT2D eigenvalue weighted by Gasteiger charge is -2.33. The zero-order valence-electron chi connectivity index (χ0n) is 16.7. The number of oxazole rings is 1. The first-order valence-electron chi connectivity index (χ1n) is 9.64. The van der Waals surface area contributed by atoms with Gasteiger partial charge < -0.3 is 4.42 Å². The van der Waals surface area contributed by atoms with Crippen LogP contribution in [-0.4, -0.2) is 48.8 Å². The lowest BCUT2D eigenvalue weighted by molar-refractivity contribution is 0.179. The Morgan fingerprint density at radius 1 is 1.06 bits per heavy atom. The fourth-order valence-corrected chi connectivity index (χ4v) is 5.07. The standard InChI is InChI=1S/C21H20ClF2N3O3S/c1-14-20(25-21(30-14)15-3-2-4-16(22)11-15)13-26-7-9-27(10-8-26)31(28,29)17-5-6-18(23)19(24)12-17/h2-6,11-12H,7-10,13H2,1H3. The van der Waals surface area contributed by atoms with Crippen molar-refractivity contribution in [3.63, 3.8) is 0 Å². The van der Waals surface area contributed by atoms with Gasteiger partial charge in [-0.05, 0) is 43.3 Å². The highest BCUT2D eigenvalue weighted by atomic mass is 35.5. The molecule has 0 radical (unpaired) electrons. The van der Waals surface area contributed by atoms with Crippen molar-refractivity contribution in [3.05, 3.63) is 70.6 Å². The molecular weight excluding hydrogens is 448 g/mol. The number of hydrogen-bond acceptors (Lipinski definition) is 5. The number of sulfonamides is 1. The SMILES string of the molecule is Cc1oc(-c2cccc(Cl)c2)nc1CN1CCN(S(=O)(=O)c2ccc(F)c(F)c2)CC1. The lowest BCUT2D eigenvalue weighted by Crippen LogP contribution is -2.48. The third-order valence-corrected chi connectivity index (χ3v) is 7.33. The molecule has 1 aliphatic heterocycles. The van der Waals surface area contributed by atoms with Gasteiger partial charge in [0, 0.05) is 43.3 Å². The van der Waals surface area contributed by atoms with E-state index < -0.39 is 21.7 Å². The van der Waals surface area contributed by atoms with Crippen molar-refractivity contribution in [2.45, 2.75) is 18.4 Å². The molecule has 2 heterocycles. The Hall–Kier alpha value is -2.33. The molecule has 0 N–H and O–H groups in total. The second-order valence-corrected chi connectivity index (χ2v) is 9.66. The predicted octanol–water partition coefficient (Wildman–Crippen LogP) is 4.09. The van der Waals surface area contributed by atoms with Gasteiger partial charge in [-0.2, -0.15) is 4.31 Å². The Morgan fingerprint density at radius 2 is 1.81 bits per heavy atom. The highest BCUT2D eigenvalue weighted by Gasteiger charge is 2.29. The van der Waals surface area contributed by atoms with Gasteiger partial charge in [0.25, 0.3) is 0 Å². The molecular formula is C21H20ClF2N3O3S. The van der Waals surface area contributed by atoms with Crippen molar-refractivity contribution in [1.82, 2.24) is 14.2 Å². The molecule has 0 aliphatic carbocycles. The number of halogens is 3. The third kappa shape index (κ3) is 4.64. The summed E-state index contributed by atoms with van der Waals surface area (Å²) in [5.74, 6) is -1.10. The highest BCUT2D eigenvalue weighted by molar-refractivity contribution is 7.89. The van der Waals surface area contributed by atoms with Crippen LogP contribution in [-0.2, 0) is 16.6 Å². The molecule has 0 unspecified atom stereocenters. The van der Waals surface area contributed by atoms with Gasteiger partial charge in [-0.15, -0.1) is 0 Å². The molecule has 1 aliphatic rings. The maximum atomic E-state index is 13.5. The van der Waals surface area contributed by atoms with E-state index in [1.165, 1.54) is 4.31 Å².